The van der Waals surface area contributed by atoms with Gasteiger partial charge in [0.2, 0.25) is 0 Å². The minimum Gasteiger partial charge on any atom is -0.490 e. The summed E-state index contributed by atoms with van der Waals surface area (Å²) in [5.41, 5.74) is 0. The van der Waals surface area contributed by atoms with E-state index in [1.54, 1.807) is 0 Å². The molecule has 2 nitrogen and oxygen atoms in total. The second-order valence-electron chi connectivity index (χ2n) is 4.30. The van der Waals surface area contributed by atoms with Gasteiger partial charge in [-0.05, 0) is 59.7 Å². The lowest BCUT2D eigenvalue weighted by molar-refractivity contribution is 0.0969. The zero-order valence-corrected chi connectivity index (χ0v) is 11.9. The van der Waals surface area contributed by atoms with E-state index in [4.69, 9.17) is 4.74 Å². The lowest BCUT2D eigenvalue weighted by Gasteiger charge is -2.31. The lowest BCUT2D eigenvalue weighted by Crippen LogP contribution is -2.39. The predicted octanol–water partition coefficient (Wildman–Crippen LogP) is 3.10. The number of benzene rings is 1. The molecule has 1 aliphatic rings. The Kier molecular flexibility index (Phi) is 5.03. The highest BCUT2D eigenvalue weighted by atomic mass is 127. The quantitative estimate of drug-likeness (QED) is 0.775. The molecule has 1 saturated heterocycles. The predicted molar refractivity (Wildman–Crippen MR) is 75.2 cm³/mol. The Labute approximate surface area is 115 Å². The van der Waals surface area contributed by atoms with Crippen LogP contribution in [0.4, 0.5) is 4.39 Å². The number of likely N-dealkylation sites (tertiary alicyclic amines) is 1. The molecule has 0 aromatic heterocycles. The largest absolute Gasteiger partial charge is 0.490 e. The van der Waals surface area contributed by atoms with Crippen molar-refractivity contribution in [2.75, 3.05) is 26.3 Å². The van der Waals surface area contributed by atoms with Gasteiger partial charge in [-0.2, -0.15) is 0 Å². The van der Waals surface area contributed by atoms with Crippen LogP contribution < -0.4 is 4.74 Å². The van der Waals surface area contributed by atoms with Crippen molar-refractivity contribution in [2.24, 2.45) is 0 Å². The molecule has 0 amide bonds. The van der Waals surface area contributed by atoms with Gasteiger partial charge in [0.1, 0.15) is 18.5 Å². The number of ether oxygens (including phenoxy) is 1. The van der Waals surface area contributed by atoms with Gasteiger partial charge in [-0.3, -0.25) is 0 Å². The molecule has 1 aromatic rings. The monoisotopic (exact) mass is 349 g/mol. The van der Waals surface area contributed by atoms with Gasteiger partial charge in [0.15, 0.2) is 0 Å². The first-order valence-electron chi connectivity index (χ1n) is 5.98. The number of piperidine rings is 1. The first-order valence-corrected chi connectivity index (χ1v) is 7.06. The number of halogens is 2. The molecular weight excluding hydrogens is 332 g/mol. The van der Waals surface area contributed by atoms with E-state index in [1.807, 2.05) is 24.3 Å². The summed E-state index contributed by atoms with van der Waals surface area (Å²) in [6.07, 6.45) is 2.27. The van der Waals surface area contributed by atoms with E-state index in [0.29, 0.717) is 6.54 Å². The topological polar surface area (TPSA) is 12.5 Å². The molecule has 4 heteroatoms. The molecule has 1 aliphatic heterocycles. The highest BCUT2D eigenvalue weighted by Crippen LogP contribution is 2.19. The molecule has 0 aliphatic carbocycles. The summed E-state index contributed by atoms with van der Waals surface area (Å²) in [6.45, 7) is 2.21. The maximum Gasteiger partial charge on any atom is 0.119 e. The average molecular weight is 349 g/mol. The van der Waals surface area contributed by atoms with Crippen molar-refractivity contribution >= 4 is 22.6 Å². The molecule has 0 bridgehead atoms. The molecule has 0 unspecified atom stereocenters. The summed E-state index contributed by atoms with van der Waals surface area (Å²) in [5.74, 6) is 0.939. The molecule has 0 N–H and O–H groups in total. The zero-order valence-electron chi connectivity index (χ0n) is 9.74. The van der Waals surface area contributed by atoms with Crippen molar-refractivity contribution < 1.29 is 9.13 Å². The lowest BCUT2D eigenvalue weighted by atomic mass is 10.1. The fraction of sp³-hybridized carbons (Fsp3) is 0.538. The van der Waals surface area contributed by atoms with E-state index in [0.717, 1.165) is 31.7 Å². The van der Waals surface area contributed by atoms with Crippen LogP contribution in [0.5, 0.6) is 5.75 Å². The highest BCUT2D eigenvalue weighted by Gasteiger charge is 2.19. The zero-order chi connectivity index (χ0) is 12.1. The number of nitrogens with zero attached hydrogens (tertiary/aromatic N) is 1. The van der Waals surface area contributed by atoms with E-state index >= 15 is 0 Å². The summed E-state index contributed by atoms with van der Waals surface area (Å²) >= 11 is 2.28. The van der Waals surface area contributed by atoms with Crippen LogP contribution in [0.15, 0.2) is 24.3 Å². The van der Waals surface area contributed by atoms with Crippen LogP contribution >= 0.6 is 22.6 Å². The number of hydrogen-bond acceptors (Lipinski definition) is 2. The Bertz CT molecular complexity index is 336. The van der Waals surface area contributed by atoms with Gasteiger partial charge in [0.25, 0.3) is 0 Å². The molecule has 94 valence electrons. The fourth-order valence-corrected chi connectivity index (χ4v) is 2.44. The van der Waals surface area contributed by atoms with E-state index in [-0.39, 0.29) is 12.8 Å². The summed E-state index contributed by atoms with van der Waals surface area (Å²) in [4.78, 5) is 2.16. The van der Waals surface area contributed by atoms with Gasteiger partial charge < -0.3 is 9.64 Å². The SMILES string of the molecule is FCCN1CCC(Oc2ccc(I)cc2)CC1. The first-order chi connectivity index (χ1) is 8.28. The van der Waals surface area contributed by atoms with E-state index < -0.39 is 0 Å². The number of rotatable bonds is 4. The van der Waals surface area contributed by atoms with Crippen molar-refractivity contribution in [3.8, 4) is 5.75 Å². The van der Waals surface area contributed by atoms with Gasteiger partial charge in [-0.15, -0.1) is 0 Å². The van der Waals surface area contributed by atoms with Crippen molar-refractivity contribution in [3.05, 3.63) is 27.8 Å². The minimum atomic E-state index is -0.247. The van der Waals surface area contributed by atoms with Crippen LogP contribution in [-0.4, -0.2) is 37.3 Å². The number of alkyl halides is 1. The van der Waals surface area contributed by atoms with E-state index in [9.17, 15) is 4.39 Å². The third-order valence-electron chi connectivity index (χ3n) is 3.05. The molecule has 0 saturated carbocycles. The van der Waals surface area contributed by atoms with Gasteiger partial charge in [0, 0.05) is 23.2 Å². The fourth-order valence-electron chi connectivity index (χ4n) is 2.08. The molecule has 2 rings (SSSR count). The molecule has 0 spiro atoms. The molecule has 1 heterocycles. The Morgan fingerprint density at radius 3 is 2.47 bits per heavy atom. The maximum atomic E-state index is 12.2. The summed E-state index contributed by atoms with van der Waals surface area (Å²) in [5, 5.41) is 0. The van der Waals surface area contributed by atoms with Gasteiger partial charge in [0.05, 0.1) is 0 Å². The Balaban J connectivity index is 1.79. The van der Waals surface area contributed by atoms with Crippen LogP contribution in [0, 0.1) is 3.57 Å². The Hall–Kier alpha value is -0.360. The average Bonchev–Trinajstić information content (AvgIpc) is 2.35. The molecule has 1 aromatic carbocycles. The first kappa shape index (κ1) is 13.1. The summed E-state index contributed by atoms with van der Waals surface area (Å²) < 4.78 is 19.3. The van der Waals surface area contributed by atoms with Crippen molar-refractivity contribution in [1.82, 2.24) is 4.90 Å². The smallest absolute Gasteiger partial charge is 0.119 e. The molecule has 0 radical (unpaired) electrons. The van der Waals surface area contributed by atoms with Crippen LogP contribution in [0.2, 0.25) is 0 Å². The molecule has 1 fully saturated rings. The third kappa shape index (κ3) is 4.10. The van der Waals surface area contributed by atoms with Crippen molar-refractivity contribution in [3.63, 3.8) is 0 Å². The van der Waals surface area contributed by atoms with Crippen LogP contribution in [0.25, 0.3) is 0 Å². The number of hydrogen-bond donors (Lipinski definition) is 0. The molecule has 0 atom stereocenters. The van der Waals surface area contributed by atoms with Gasteiger partial charge >= 0.3 is 0 Å². The Morgan fingerprint density at radius 2 is 1.88 bits per heavy atom. The van der Waals surface area contributed by atoms with Crippen LogP contribution in [-0.2, 0) is 0 Å². The molecule has 17 heavy (non-hydrogen) atoms. The summed E-state index contributed by atoms with van der Waals surface area (Å²) in [7, 11) is 0. The van der Waals surface area contributed by atoms with Crippen LogP contribution in [0.1, 0.15) is 12.8 Å². The normalized spacial score (nSPS) is 18.2. The maximum absolute atomic E-state index is 12.2. The van der Waals surface area contributed by atoms with Crippen molar-refractivity contribution in [1.29, 1.82) is 0 Å². The second-order valence-corrected chi connectivity index (χ2v) is 5.55. The standard InChI is InChI=1S/C13H17FINO/c14-7-10-16-8-5-13(6-9-16)17-12-3-1-11(15)2-4-12/h1-4,13H,5-10H2. The minimum absolute atomic E-state index is 0.247. The summed E-state index contributed by atoms with van der Waals surface area (Å²) in [6, 6.07) is 8.12. The van der Waals surface area contributed by atoms with Gasteiger partial charge in [-0.25, -0.2) is 4.39 Å². The Morgan fingerprint density at radius 1 is 1.24 bits per heavy atom. The van der Waals surface area contributed by atoms with E-state index in [1.165, 1.54) is 3.57 Å². The highest BCUT2D eigenvalue weighted by molar-refractivity contribution is 14.1. The van der Waals surface area contributed by atoms with E-state index in [2.05, 4.69) is 27.5 Å². The van der Waals surface area contributed by atoms with Gasteiger partial charge in [-0.1, -0.05) is 0 Å². The third-order valence-corrected chi connectivity index (χ3v) is 3.77. The second kappa shape index (κ2) is 6.54. The van der Waals surface area contributed by atoms with Crippen LogP contribution in [0.3, 0.4) is 0 Å². The molecular formula is C13H17FINO. The van der Waals surface area contributed by atoms with Crippen molar-refractivity contribution in [2.45, 2.75) is 18.9 Å².